The van der Waals surface area contributed by atoms with E-state index in [-0.39, 0.29) is 57.1 Å². The second-order valence-electron chi connectivity index (χ2n) is 19.1. The Bertz CT molecular complexity index is 4240. The van der Waals surface area contributed by atoms with Gasteiger partial charge < -0.3 is 20.4 Å². The van der Waals surface area contributed by atoms with Gasteiger partial charge in [-0.15, -0.1) is 0 Å². The van der Waals surface area contributed by atoms with Gasteiger partial charge >= 0.3 is 100 Å². The number of hydrogen-bond acceptors (Lipinski definition) is 12. The van der Waals surface area contributed by atoms with Crippen LogP contribution in [0.1, 0.15) is 22.3 Å². The Kier molecular flexibility index (Phi) is 25.9. The SMILES string of the molecule is F[P-](F)(F)(F)(F)F.F[P-](F)(F)(F)(F)F.[Fe+3].[Fe+3].[O-]c1ccc(Br)cc1C=Nc1cccc2cccnc12.[O-]c1ccc(Cl)cc1C=Nc1cccc2cccnc12.[O-]c1ccc(Cl)cc1C=Nc1cccc2cccnc12.[O-]c1ccc(Cl)cc1C=Nc1cccc2cccnc12. The van der Waals surface area contributed by atoms with Crippen molar-refractivity contribution in [3.63, 3.8) is 0 Å². The molecule has 0 spiro atoms. The Morgan fingerprint density at radius 2 is 0.521 bits per heavy atom. The van der Waals surface area contributed by atoms with Crippen molar-refractivity contribution in [2.45, 2.75) is 0 Å². The molecule has 0 atom stereocenters. The van der Waals surface area contributed by atoms with Crippen molar-refractivity contribution in [2.75, 3.05) is 0 Å². The minimum atomic E-state index is -10.7. The van der Waals surface area contributed by atoms with Crippen molar-refractivity contribution >= 4 is 158 Å². The summed E-state index contributed by atoms with van der Waals surface area (Å²) in [4.78, 5) is 34.8. The van der Waals surface area contributed by atoms with E-state index < -0.39 is 15.6 Å². The molecular formula is C64H40BrCl3F12Fe2N8O4P2. The fraction of sp³-hybridized carbons (Fsp3) is 0. The van der Waals surface area contributed by atoms with Crippen LogP contribution in [0.5, 0.6) is 23.0 Å². The Labute approximate surface area is 582 Å². The minimum absolute atomic E-state index is 0. The minimum Gasteiger partial charge on any atom is -0.872 e. The number of hydrogen-bond donors (Lipinski definition) is 0. The fourth-order valence-electron chi connectivity index (χ4n) is 7.81. The van der Waals surface area contributed by atoms with Crippen LogP contribution in [-0.2, 0) is 34.1 Å². The Balaban J connectivity index is 0.000000215. The fourth-order valence-corrected chi connectivity index (χ4v) is 8.73. The van der Waals surface area contributed by atoms with E-state index in [9.17, 15) is 70.8 Å². The molecular weight excluding hydrogens is 1530 g/mol. The number of aromatic nitrogens is 4. The van der Waals surface area contributed by atoms with Gasteiger partial charge in [0.2, 0.25) is 0 Å². The Morgan fingerprint density at radius 1 is 0.312 bits per heavy atom. The molecule has 12 aromatic rings. The summed E-state index contributed by atoms with van der Waals surface area (Å²) in [5.74, 6) is -0.366. The van der Waals surface area contributed by atoms with E-state index in [1.54, 1.807) is 79.5 Å². The van der Waals surface area contributed by atoms with Crippen LogP contribution in [0, 0.1) is 0 Å². The molecule has 498 valence electrons. The van der Waals surface area contributed by atoms with E-state index in [1.807, 2.05) is 121 Å². The smallest absolute Gasteiger partial charge is 0.872 e. The number of pyridine rings is 4. The van der Waals surface area contributed by atoms with Gasteiger partial charge in [-0.3, -0.25) is 39.9 Å². The van der Waals surface area contributed by atoms with Gasteiger partial charge in [0.15, 0.2) is 0 Å². The molecule has 8 aromatic carbocycles. The van der Waals surface area contributed by atoms with Crippen LogP contribution in [0.2, 0.25) is 15.1 Å². The van der Waals surface area contributed by atoms with E-state index in [1.165, 1.54) is 42.9 Å². The van der Waals surface area contributed by atoms with Crippen LogP contribution in [0.25, 0.3) is 43.6 Å². The predicted molar refractivity (Wildman–Crippen MR) is 349 cm³/mol. The number of fused-ring (bicyclic) bond motifs is 4. The second-order valence-corrected chi connectivity index (χ2v) is 25.1. The van der Waals surface area contributed by atoms with Gasteiger partial charge in [-0.2, -0.15) is 0 Å². The molecule has 12 nitrogen and oxygen atoms in total. The molecule has 32 heteroatoms. The Morgan fingerprint density at radius 3 is 0.760 bits per heavy atom. The van der Waals surface area contributed by atoms with Crippen LogP contribution in [-0.4, -0.2) is 44.8 Å². The van der Waals surface area contributed by atoms with E-state index in [0.717, 1.165) is 70.8 Å². The van der Waals surface area contributed by atoms with E-state index >= 15 is 0 Å². The Hall–Kier alpha value is -8.31. The van der Waals surface area contributed by atoms with Gasteiger partial charge in [0.05, 0.1) is 44.8 Å². The molecule has 4 heterocycles. The van der Waals surface area contributed by atoms with Gasteiger partial charge in [0, 0.05) is 90.7 Å². The molecule has 0 saturated heterocycles. The molecule has 0 bridgehead atoms. The summed E-state index contributed by atoms with van der Waals surface area (Å²) in [5.41, 5.74) is 8.11. The molecule has 0 unspecified atom stereocenters. The van der Waals surface area contributed by atoms with Crippen molar-refractivity contribution in [3.05, 3.63) is 261 Å². The maximum Gasteiger partial charge on any atom is 3.00 e. The normalized spacial score (nSPS) is 12.8. The molecule has 0 N–H and O–H groups in total. The summed E-state index contributed by atoms with van der Waals surface area (Å²) in [6, 6.07) is 57.3. The van der Waals surface area contributed by atoms with Gasteiger partial charge in [-0.05, 0) is 119 Å². The van der Waals surface area contributed by atoms with Crippen molar-refractivity contribution in [1.29, 1.82) is 0 Å². The van der Waals surface area contributed by atoms with Crippen LogP contribution in [0.15, 0.2) is 243 Å². The van der Waals surface area contributed by atoms with Crippen LogP contribution in [0.3, 0.4) is 0 Å². The second kappa shape index (κ2) is 31.7. The van der Waals surface area contributed by atoms with Crippen molar-refractivity contribution in [1.82, 2.24) is 19.9 Å². The van der Waals surface area contributed by atoms with E-state index in [2.05, 4.69) is 55.8 Å². The average Bonchev–Trinajstić information content (AvgIpc) is 0.792. The number of benzene rings is 8. The third-order valence-electron chi connectivity index (χ3n) is 11.7. The van der Waals surface area contributed by atoms with E-state index in [4.69, 9.17) is 34.8 Å². The van der Waals surface area contributed by atoms with Gasteiger partial charge in [-0.25, -0.2) is 0 Å². The summed E-state index contributed by atoms with van der Waals surface area (Å²) >= 11 is 21.0. The number of halogens is 16. The molecule has 12 rings (SSSR count). The molecule has 4 aromatic heterocycles. The first kappa shape index (κ1) is 78.4. The van der Waals surface area contributed by atoms with E-state index in [0.29, 0.717) is 37.3 Å². The van der Waals surface area contributed by atoms with Crippen molar-refractivity contribution < 1.29 is 105 Å². The van der Waals surface area contributed by atoms with Gasteiger partial charge in [0.1, 0.15) is 0 Å². The summed E-state index contributed by atoms with van der Waals surface area (Å²) in [6.45, 7) is 0. The average molecular weight is 1570 g/mol. The van der Waals surface area contributed by atoms with Gasteiger partial charge in [-0.1, -0.05) is 171 Å². The number of para-hydroxylation sites is 4. The zero-order valence-electron chi connectivity index (χ0n) is 48.0. The molecule has 2 radical (unpaired) electrons. The number of aliphatic imine (C=N–C) groups is 4. The largest absolute Gasteiger partial charge is 3.00 e. The van der Waals surface area contributed by atoms with Crippen LogP contribution < -0.4 is 20.4 Å². The zero-order valence-corrected chi connectivity index (χ0v) is 55.8. The first-order valence-corrected chi connectivity index (χ1v) is 32.3. The summed E-state index contributed by atoms with van der Waals surface area (Å²) in [5, 5.41) is 52.4. The summed E-state index contributed by atoms with van der Waals surface area (Å²) < 4.78 is 119. The molecule has 0 aliphatic rings. The van der Waals surface area contributed by atoms with Crippen LogP contribution in [0.4, 0.5) is 73.1 Å². The van der Waals surface area contributed by atoms with Gasteiger partial charge in [0.25, 0.3) is 0 Å². The monoisotopic (exact) mass is 1570 g/mol. The molecule has 0 amide bonds. The third-order valence-corrected chi connectivity index (χ3v) is 12.9. The number of rotatable bonds is 8. The predicted octanol–water partition coefficient (Wildman–Crippen LogP) is 21.7. The van der Waals surface area contributed by atoms with Crippen LogP contribution >= 0.6 is 66.3 Å². The molecule has 0 aliphatic carbocycles. The first-order valence-electron chi connectivity index (χ1n) is 26.4. The van der Waals surface area contributed by atoms with Crippen molar-refractivity contribution in [3.8, 4) is 23.0 Å². The molecule has 96 heavy (non-hydrogen) atoms. The maximum atomic E-state index is 11.7. The molecule has 0 fully saturated rings. The van der Waals surface area contributed by atoms with Crippen molar-refractivity contribution in [2.24, 2.45) is 20.0 Å². The maximum absolute atomic E-state index is 11.7. The summed E-state index contributed by atoms with van der Waals surface area (Å²) in [7, 11) is -21.3. The first-order chi connectivity index (χ1) is 43.8. The molecule has 0 saturated carbocycles. The topological polar surface area (TPSA) is 193 Å². The third kappa shape index (κ3) is 28.2. The zero-order chi connectivity index (χ0) is 68.6. The summed E-state index contributed by atoms with van der Waals surface area (Å²) in [6.07, 6.45) is 13.1. The molecule has 0 aliphatic heterocycles. The number of nitrogens with zero attached hydrogens (tertiary/aromatic N) is 8. The quantitative estimate of drug-likeness (QED) is 0.0620. The standard InChI is InChI=1S/C16H11BrN2O.3C16H11ClN2O.2F6P.2Fe/c4*17-13-6-7-15(20)12(9-13)10-19-14-5-1-3-11-4-2-8-18-16(11)14;2*1-7(2,3,4,5)6;;/h4*1-10,20H;;;;/q;;;;2*-1;2*+3/p-4.